The summed E-state index contributed by atoms with van der Waals surface area (Å²) < 4.78 is 42.2. The van der Waals surface area contributed by atoms with Gasteiger partial charge in [-0.1, -0.05) is 0 Å². The molecule has 0 unspecified atom stereocenters. The lowest BCUT2D eigenvalue weighted by molar-refractivity contribution is -0.130. The van der Waals surface area contributed by atoms with Crippen molar-refractivity contribution >= 4 is 15.7 Å². The Morgan fingerprint density at radius 1 is 1.33 bits per heavy atom. The molecule has 1 saturated carbocycles. The second kappa shape index (κ2) is 8.04. The van der Waals surface area contributed by atoms with Gasteiger partial charge in [-0.2, -0.15) is 0 Å². The molecule has 2 rings (SSSR count). The van der Waals surface area contributed by atoms with Crippen LogP contribution < -0.4 is 5.32 Å². The highest BCUT2D eigenvalue weighted by Gasteiger charge is 2.32. The van der Waals surface area contributed by atoms with Crippen molar-refractivity contribution < 1.29 is 27.4 Å². The van der Waals surface area contributed by atoms with E-state index in [1.165, 1.54) is 19.2 Å². The normalized spacial score (nSPS) is 24.5. The fraction of sp³-hybridized carbons (Fsp3) is 0.562. The predicted octanol–water partition coefficient (Wildman–Crippen LogP) is 0.892. The molecule has 1 aliphatic rings. The highest BCUT2D eigenvalue weighted by atomic mass is 32.2. The van der Waals surface area contributed by atoms with E-state index in [1.807, 2.05) is 0 Å². The zero-order chi connectivity index (χ0) is 17.7. The van der Waals surface area contributed by atoms with E-state index in [4.69, 9.17) is 4.74 Å². The van der Waals surface area contributed by atoms with E-state index < -0.39 is 21.8 Å². The number of benzene rings is 1. The van der Waals surface area contributed by atoms with Gasteiger partial charge in [-0.05, 0) is 43.5 Å². The van der Waals surface area contributed by atoms with E-state index in [9.17, 15) is 22.7 Å². The quantitative estimate of drug-likeness (QED) is 0.736. The molecule has 1 amide bonds. The summed E-state index contributed by atoms with van der Waals surface area (Å²) in [5.74, 6) is -1.30. The number of hydrogen-bond acceptors (Lipinski definition) is 5. The van der Waals surface area contributed by atoms with E-state index in [2.05, 4.69) is 5.32 Å². The summed E-state index contributed by atoms with van der Waals surface area (Å²) in [6, 6.07) is 4.59. The summed E-state index contributed by atoms with van der Waals surface area (Å²) in [4.78, 5) is 12.2. The van der Waals surface area contributed by atoms with Crippen molar-refractivity contribution in [1.82, 2.24) is 5.32 Å². The molecular weight excluding hydrogens is 337 g/mol. The molecule has 2 N–H and O–H groups in total. The molecule has 0 spiro atoms. The first-order chi connectivity index (χ1) is 11.3. The first-order valence-electron chi connectivity index (χ1n) is 7.80. The number of halogens is 1. The van der Waals surface area contributed by atoms with Crippen molar-refractivity contribution in [1.29, 1.82) is 0 Å². The van der Waals surface area contributed by atoms with Crippen LogP contribution in [0.5, 0.6) is 0 Å². The number of hydrogen-bond donors (Lipinski definition) is 2. The molecule has 6 nitrogen and oxygen atoms in total. The summed E-state index contributed by atoms with van der Waals surface area (Å²) in [7, 11) is -2.08. The minimum absolute atomic E-state index is 0.0186. The molecule has 0 bridgehead atoms. The van der Waals surface area contributed by atoms with Crippen molar-refractivity contribution in [3.8, 4) is 0 Å². The van der Waals surface area contributed by atoms with Gasteiger partial charge in [-0.3, -0.25) is 4.79 Å². The highest BCUT2D eigenvalue weighted by molar-refractivity contribution is 7.91. The molecule has 0 radical (unpaired) electrons. The first kappa shape index (κ1) is 18.8. The number of methoxy groups -OCH3 is 1. The molecule has 1 aromatic rings. The summed E-state index contributed by atoms with van der Waals surface area (Å²) in [5.41, 5.74) is 0. The van der Waals surface area contributed by atoms with Gasteiger partial charge in [0.2, 0.25) is 5.91 Å². The topological polar surface area (TPSA) is 92.7 Å². The second-order valence-corrected chi connectivity index (χ2v) is 8.02. The smallest absolute Gasteiger partial charge is 0.223 e. The van der Waals surface area contributed by atoms with E-state index in [0.717, 1.165) is 12.1 Å². The van der Waals surface area contributed by atoms with Gasteiger partial charge < -0.3 is 15.2 Å². The van der Waals surface area contributed by atoms with Crippen LogP contribution in [0, 0.1) is 11.7 Å². The van der Waals surface area contributed by atoms with Crippen LogP contribution in [0.15, 0.2) is 29.2 Å². The maximum Gasteiger partial charge on any atom is 0.223 e. The summed E-state index contributed by atoms with van der Waals surface area (Å²) in [6.07, 6.45) is 0.478. The molecule has 1 aliphatic carbocycles. The molecular formula is C16H22FNO5S. The van der Waals surface area contributed by atoms with Gasteiger partial charge in [-0.25, -0.2) is 12.8 Å². The maximum absolute atomic E-state index is 12.8. The van der Waals surface area contributed by atoms with Crippen molar-refractivity contribution in [3.63, 3.8) is 0 Å². The summed E-state index contributed by atoms with van der Waals surface area (Å²) in [5, 5.41) is 12.4. The van der Waals surface area contributed by atoms with E-state index in [0.29, 0.717) is 19.3 Å². The standard InChI is InChI=1S/C16H22FNO5S/c1-23-15-10-11(2-7-14(15)19)16(20)18-8-9-24(21,22)13-5-3-12(17)4-6-13/h3-6,11,14-15,19H,2,7-10H2,1H3,(H,18,20)/t11-,14+,15-/m1/s1. The van der Waals surface area contributed by atoms with Crippen LogP contribution >= 0.6 is 0 Å². The first-order valence-corrected chi connectivity index (χ1v) is 9.45. The summed E-state index contributed by atoms with van der Waals surface area (Å²) in [6.45, 7) is -0.0186. The molecule has 1 aromatic carbocycles. The zero-order valence-electron chi connectivity index (χ0n) is 13.4. The van der Waals surface area contributed by atoms with Gasteiger partial charge in [0.15, 0.2) is 9.84 Å². The number of nitrogens with one attached hydrogen (secondary N) is 1. The van der Waals surface area contributed by atoms with Gasteiger partial charge >= 0.3 is 0 Å². The molecule has 8 heteroatoms. The van der Waals surface area contributed by atoms with Gasteiger partial charge in [0.25, 0.3) is 0 Å². The van der Waals surface area contributed by atoms with E-state index >= 15 is 0 Å². The predicted molar refractivity (Wildman–Crippen MR) is 85.6 cm³/mol. The molecule has 0 aliphatic heterocycles. The lowest BCUT2D eigenvalue weighted by Gasteiger charge is -2.31. The second-order valence-electron chi connectivity index (χ2n) is 5.92. The molecule has 134 valence electrons. The monoisotopic (exact) mass is 359 g/mol. The third-order valence-corrected chi connectivity index (χ3v) is 6.01. The number of aliphatic hydroxyl groups excluding tert-OH is 1. The minimum atomic E-state index is -3.57. The fourth-order valence-electron chi connectivity index (χ4n) is 2.82. The van der Waals surface area contributed by atoms with Crippen molar-refractivity contribution in [2.75, 3.05) is 19.4 Å². The Balaban J connectivity index is 1.85. The van der Waals surface area contributed by atoms with Crippen molar-refractivity contribution in [2.24, 2.45) is 5.92 Å². The third kappa shape index (κ3) is 4.75. The van der Waals surface area contributed by atoms with Gasteiger partial charge in [0.1, 0.15) is 5.82 Å². The fourth-order valence-corrected chi connectivity index (χ4v) is 3.97. The Labute approximate surface area is 140 Å². The third-order valence-electron chi connectivity index (χ3n) is 4.27. The Bertz CT molecular complexity index is 662. The van der Waals surface area contributed by atoms with Gasteiger partial charge in [0.05, 0.1) is 22.9 Å². The number of rotatable bonds is 6. The van der Waals surface area contributed by atoms with Crippen LogP contribution in [0.1, 0.15) is 19.3 Å². The molecule has 3 atom stereocenters. The lowest BCUT2D eigenvalue weighted by atomic mass is 9.84. The van der Waals surface area contributed by atoms with Gasteiger partial charge in [-0.15, -0.1) is 0 Å². The molecule has 0 saturated heterocycles. The SMILES string of the molecule is CO[C@@H]1C[C@H](C(=O)NCCS(=O)(=O)c2ccc(F)cc2)CC[C@@H]1O. The van der Waals surface area contributed by atoms with Crippen molar-refractivity contribution in [3.05, 3.63) is 30.1 Å². The maximum atomic E-state index is 12.8. The largest absolute Gasteiger partial charge is 0.390 e. The van der Waals surface area contributed by atoms with Crippen LogP contribution in [0.3, 0.4) is 0 Å². The molecule has 0 aromatic heterocycles. The Hall–Kier alpha value is -1.51. The van der Waals surface area contributed by atoms with Crippen LogP contribution in [0.4, 0.5) is 4.39 Å². The Morgan fingerprint density at radius 3 is 2.62 bits per heavy atom. The number of carbonyl (C=O) groups excluding carboxylic acids is 1. The van der Waals surface area contributed by atoms with Crippen LogP contribution in [0.25, 0.3) is 0 Å². The zero-order valence-corrected chi connectivity index (χ0v) is 14.3. The highest BCUT2D eigenvalue weighted by Crippen LogP contribution is 2.26. The average molecular weight is 359 g/mol. The van der Waals surface area contributed by atoms with Crippen LogP contribution in [-0.2, 0) is 19.4 Å². The number of ether oxygens (including phenoxy) is 1. The summed E-state index contributed by atoms with van der Waals surface area (Å²) >= 11 is 0. The number of sulfone groups is 1. The lowest BCUT2D eigenvalue weighted by Crippen LogP contribution is -2.42. The molecule has 24 heavy (non-hydrogen) atoms. The van der Waals surface area contributed by atoms with Crippen LogP contribution in [-0.4, -0.2) is 51.0 Å². The van der Waals surface area contributed by atoms with Crippen molar-refractivity contribution in [2.45, 2.75) is 36.4 Å². The van der Waals surface area contributed by atoms with E-state index in [1.54, 1.807) is 0 Å². The van der Waals surface area contributed by atoms with Gasteiger partial charge in [0, 0.05) is 19.6 Å². The number of carbonyl (C=O) groups is 1. The number of amides is 1. The molecule has 1 fully saturated rings. The Kier molecular flexibility index (Phi) is 6.31. The van der Waals surface area contributed by atoms with E-state index in [-0.39, 0.29) is 35.1 Å². The molecule has 0 heterocycles. The minimum Gasteiger partial charge on any atom is -0.390 e. The number of aliphatic hydroxyl groups is 1. The van der Waals surface area contributed by atoms with Crippen LogP contribution in [0.2, 0.25) is 0 Å². The Morgan fingerprint density at radius 2 is 2.00 bits per heavy atom. The average Bonchev–Trinajstić information content (AvgIpc) is 2.55.